The third-order valence-corrected chi connectivity index (χ3v) is 6.03. The first-order chi connectivity index (χ1) is 10.7. The first kappa shape index (κ1) is 17.9. The third kappa shape index (κ3) is 6.37. The van der Waals surface area contributed by atoms with Gasteiger partial charge in [0.25, 0.3) is 0 Å². The average molecular weight is 327 g/mol. The van der Waals surface area contributed by atoms with Crippen molar-refractivity contribution in [1.82, 2.24) is 15.5 Å². The second-order valence-corrected chi connectivity index (χ2v) is 8.48. The fourth-order valence-corrected chi connectivity index (χ4v) is 4.92. The topological polar surface area (TPSA) is 39.7 Å². The van der Waals surface area contributed by atoms with Gasteiger partial charge in [0, 0.05) is 38.5 Å². The average Bonchev–Trinajstić information content (AvgIpc) is 2.99. The van der Waals surface area contributed by atoms with Gasteiger partial charge in [-0.15, -0.1) is 0 Å². The summed E-state index contributed by atoms with van der Waals surface area (Å²) in [5.41, 5.74) is 0. The molecular weight excluding hydrogens is 292 g/mol. The van der Waals surface area contributed by atoms with Gasteiger partial charge in [0.15, 0.2) is 5.96 Å². The highest BCUT2D eigenvalue weighted by molar-refractivity contribution is 8.00. The Morgan fingerprint density at radius 3 is 2.64 bits per heavy atom. The van der Waals surface area contributed by atoms with Gasteiger partial charge in [-0.3, -0.25) is 4.99 Å². The first-order valence-electron chi connectivity index (χ1n) is 8.96. The van der Waals surface area contributed by atoms with E-state index in [2.05, 4.69) is 46.1 Å². The van der Waals surface area contributed by atoms with E-state index in [1.165, 1.54) is 51.1 Å². The molecule has 2 fully saturated rings. The molecule has 0 aromatic carbocycles. The zero-order valence-electron chi connectivity index (χ0n) is 14.6. The summed E-state index contributed by atoms with van der Waals surface area (Å²) in [6.45, 7) is 10.6. The molecule has 22 heavy (non-hydrogen) atoms. The molecule has 2 saturated heterocycles. The van der Waals surface area contributed by atoms with Crippen molar-refractivity contribution in [1.29, 1.82) is 0 Å². The molecule has 0 aromatic heterocycles. The molecule has 2 heterocycles. The molecule has 0 spiro atoms. The fourth-order valence-electron chi connectivity index (χ4n) is 3.72. The van der Waals surface area contributed by atoms with Crippen LogP contribution in [-0.4, -0.2) is 61.6 Å². The number of guanidine groups is 1. The Labute approximate surface area is 140 Å². The van der Waals surface area contributed by atoms with E-state index < -0.39 is 0 Å². The summed E-state index contributed by atoms with van der Waals surface area (Å²) in [6, 6.07) is 0. The van der Waals surface area contributed by atoms with Crippen LogP contribution < -0.4 is 10.6 Å². The number of nitrogens with one attached hydrogen (secondary N) is 2. The number of likely N-dealkylation sites (tertiary alicyclic amines) is 1. The van der Waals surface area contributed by atoms with Crippen LogP contribution in [0.1, 0.15) is 39.5 Å². The number of nitrogens with zero attached hydrogens (tertiary/aromatic N) is 2. The third-order valence-electron chi connectivity index (χ3n) is 4.63. The number of piperidine rings is 1. The highest BCUT2D eigenvalue weighted by Crippen LogP contribution is 2.25. The van der Waals surface area contributed by atoms with Crippen LogP contribution in [0.2, 0.25) is 0 Å². The van der Waals surface area contributed by atoms with E-state index in [9.17, 15) is 0 Å². The van der Waals surface area contributed by atoms with E-state index >= 15 is 0 Å². The van der Waals surface area contributed by atoms with Gasteiger partial charge in [-0.25, -0.2) is 0 Å². The molecule has 3 unspecified atom stereocenters. The number of aliphatic imine (C=N–C) groups is 1. The molecule has 0 aromatic rings. The largest absolute Gasteiger partial charge is 0.356 e. The molecule has 128 valence electrons. The van der Waals surface area contributed by atoms with Gasteiger partial charge in [0.1, 0.15) is 0 Å². The van der Waals surface area contributed by atoms with E-state index in [1.54, 1.807) is 0 Å². The molecule has 0 amide bonds. The van der Waals surface area contributed by atoms with Crippen molar-refractivity contribution in [2.45, 2.75) is 44.8 Å². The Kier molecular flexibility index (Phi) is 7.87. The van der Waals surface area contributed by atoms with E-state index in [0.717, 1.165) is 36.1 Å². The molecule has 3 atom stereocenters. The number of thioether (sulfide) groups is 1. The van der Waals surface area contributed by atoms with Crippen LogP contribution in [0.5, 0.6) is 0 Å². The van der Waals surface area contributed by atoms with Crippen LogP contribution in [0.3, 0.4) is 0 Å². The van der Waals surface area contributed by atoms with Crippen molar-refractivity contribution < 1.29 is 0 Å². The first-order valence-corrected chi connectivity index (χ1v) is 10.0. The maximum absolute atomic E-state index is 4.33. The predicted octanol–water partition coefficient (Wildman–Crippen LogP) is 2.42. The Morgan fingerprint density at radius 2 is 2.00 bits per heavy atom. The lowest BCUT2D eigenvalue weighted by Gasteiger charge is -2.35. The normalized spacial score (nSPS) is 30.5. The summed E-state index contributed by atoms with van der Waals surface area (Å²) >= 11 is 2.09. The monoisotopic (exact) mass is 326 g/mol. The molecule has 0 bridgehead atoms. The standard InChI is InChI=1S/C17H34N4S/c1-14-10-15(2)13-21(12-14)8-5-7-19-17(18-3)20-11-16-6-4-9-22-16/h14-16H,4-13H2,1-3H3,(H2,18,19,20). The maximum atomic E-state index is 4.33. The quantitative estimate of drug-likeness (QED) is 0.447. The minimum absolute atomic E-state index is 0.773. The molecule has 0 saturated carbocycles. The van der Waals surface area contributed by atoms with Crippen molar-refractivity contribution in [3.8, 4) is 0 Å². The van der Waals surface area contributed by atoms with Crippen LogP contribution in [0, 0.1) is 11.8 Å². The van der Waals surface area contributed by atoms with Crippen molar-refractivity contribution in [2.24, 2.45) is 16.8 Å². The van der Waals surface area contributed by atoms with Crippen molar-refractivity contribution in [2.75, 3.05) is 45.5 Å². The zero-order chi connectivity index (χ0) is 15.8. The summed E-state index contributed by atoms with van der Waals surface area (Å²) in [6.07, 6.45) is 5.30. The van der Waals surface area contributed by atoms with Crippen LogP contribution >= 0.6 is 11.8 Å². The van der Waals surface area contributed by atoms with Gasteiger partial charge < -0.3 is 15.5 Å². The Morgan fingerprint density at radius 1 is 1.23 bits per heavy atom. The minimum atomic E-state index is 0.773. The van der Waals surface area contributed by atoms with Crippen LogP contribution in [0.25, 0.3) is 0 Å². The maximum Gasteiger partial charge on any atom is 0.191 e. The summed E-state index contributed by atoms with van der Waals surface area (Å²) in [4.78, 5) is 6.96. The lowest BCUT2D eigenvalue weighted by molar-refractivity contribution is 0.140. The van der Waals surface area contributed by atoms with E-state index in [1.807, 2.05) is 7.05 Å². The predicted molar refractivity (Wildman–Crippen MR) is 98.8 cm³/mol. The molecular formula is C17H34N4S. The fraction of sp³-hybridized carbons (Fsp3) is 0.941. The van der Waals surface area contributed by atoms with E-state index in [-0.39, 0.29) is 0 Å². The van der Waals surface area contributed by atoms with E-state index in [4.69, 9.17) is 0 Å². The Balaban J connectivity index is 1.56. The summed E-state index contributed by atoms with van der Waals surface area (Å²) in [5, 5.41) is 7.70. The molecule has 5 heteroatoms. The molecule has 2 rings (SSSR count). The van der Waals surface area contributed by atoms with Crippen molar-refractivity contribution >= 4 is 17.7 Å². The molecule has 2 aliphatic heterocycles. The zero-order valence-corrected chi connectivity index (χ0v) is 15.4. The van der Waals surface area contributed by atoms with Crippen LogP contribution in [-0.2, 0) is 0 Å². The second kappa shape index (κ2) is 9.66. The van der Waals surface area contributed by atoms with Gasteiger partial charge in [-0.05, 0) is 49.8 Å². The molecule has 2 aliphatic rings. The van der Waals surface area contributed by atoms with Gasteiger partial charge in [-0.1, -0.05) is 13.8 Å². The molecule has 2 N–H and O–H groups in total. The summed E-state index contributed by atoms with van der Waals surface area (Å²) in [7, 11) is 1.87. The highest BCUT2D eigenvalue weighted by Gasteiger charge is 2.21. The SMILES string of the molecule is CN=C(NCCCN1CC(C)CC(C)C1)NCC1CCCS1. The lowest BCUT2D eigenvalue weighted by Crippen LogP contribution is -2.42. The highest BCUT2D eigenvalue weighted by atomic mass is 32.2. The number of hydrogen-bond donors (Lipinski definition) is 2. The van der Waals surface area contributed by atoms with Crippen molar-refractivity contribution in [3.05, 3.63) is 0 Å². The van der Waals surface area contributed by atoms with Gasteiger partial charge in [0.05, 0.1) is 0 Å². The van der Waals surface area contributed by atoms with Crippen molar-refractivity contribution in [3.63, 3.8) is 0 Å². The van der Waals surface area contributed by atoms with Gasteiger partial charge >= 0.3 is 0 Å². The second-order valence-electron chi connectivity index (χ2n) is 7.07. The lowest BCUT2D eigenvalue weighted by atomic mass is 9.92. The number of rotatable bonds is 6. The smallest absolute Gasteiger partial charge is 0.191 e. The van der Waals surface area contributed by atoms with Gasteiger partial charge in [0.2, 0.25) is 0 Å². The van der Waals surface area contributed by atoms with Crippen LogP contribution in [0.4, 0.5) is 0 Å². The number of hydrogen-bond acceptors (Lipinski definition) is 3. The molecule has 0 aliphatic carbocycles. The Hall–Kier alpha value is -0.420. The van der Waals surface area contributed by atoms with E-state index in [0.29, 0.717) is 0 Å². The van der Waals surface area contributed by atoms with Crippen LogP contribution in [0.15, 0.2) is 4.99 Å². The summed E-state index contributed by atoms with van der Waals surface area (Å²) < 4.78 is 0. The Bertz CT molecular complexity index is 332. The van der Waals surface area contributed by atoms with Gasteiger partial charge in [-0.2, -0.15) is 11.8 Å². The summed E-state index contributed by atoms with van der Waals surface area (Å²) in [5.74, 6) is 4.00. The molecule has 0 radical (unpaired) electrons. The molecule has 4 nitrogen and oxygen atoms in total. The minimum Gasteiger partial charge on any atom is -0.356 e.